The molecule has 0 spiro atoms. The topological polar surface area (TPSA) is 105 Å². The van der Waals surface area contributed by atoms with E-state index < -0.39 is 27.9 Å². The van der Waals surface area contributed by atoms with Crippen LogP contribution in [0.2, 0.25) is 0 Å². The van der Waals surface area contributed by atoms with Crippen LogP contribution < -0.4 is 10.6 Å². The molecule has 1 fully saturated rings. The van der Waals surface area contributed by atoms with Crippen molar-refractivity contribution in [3.8, 4) is 0 Å². The van der Waals surface area contributed by atoms with Crippen molar-refractivity contribution in [1.29, 1.82) is 0 Å². The maximum Gasteiger partial charge on any atom is 0.252 e. The summed E-state index contributed by atoms with van der Waals surface area (Å²) < 4.78 is 32.6. The number of rotatable bonds is 7. The number of sulfonamides is 1. The first-order valence-corrected chi connectivity index (χ1v) is 12.3. The molecule has 0 aromatic heterocycles. The van der Waals surface area contributed by atoms with E-state index in [2.05, 4.69) is 10.6 Å². The number of nitrogens with one attached hydrogen (secondary N) is 2. The molecule has 34 heavy (non-hydrogen) atoms. The van der Waals surface area contributed by atoms with E-state index in [9.17, 15) is 18.0 Å². The first kappa shape index (κ1) is 23.6. The second-order valence-electron chi connectivity index (χ2n) is 7.72. The Hall–Kier alpha value is -3.53. The molecule has 1 atom stereocenters. The van der Waals surface area contributed by atoms with Crippen molar-refractivity contribution in [2.45, 2.75) is 10.9 Å². The second-order valence-corrected chi connectivity index (χ2v) is 9.65. The van der Waals surface area contributed by atoms with Crippen LogP contribution in [0.4, 0.5) is 5.69 Å². The van der Waals surface area contributed by atoms with Gasteiger partial charge in [0.25, 0.3) is 11.8 Å². The lowest BCUT2D eigenvalue weighted by Gasteiger charge is -2.26. The van der Waals surface area contributed by atoms with Crippen molar-refractivity contribution in [3.05, 3.63) is 96.1 Å². The number of benzene rings is 3. The number of anilines is 1. The Bertz CT molecular complexity index is 1240. The third-order valence-corrected chi connectivity index (χ3v) is 7.31. The minimum Gasteiger partial charge on any atom is -0.379 e. The molecule has 1 heterocycles. The Kier molecular flexibility index (Phi) is 7.36. The molecule has 1 saturated heterocycles. The highest BCUT2D eigenvalue weighted by molar-refractivity contribution is 7.89. The molecular formula is C25H25N3O5S. The van der Waals surface area contributed by atoms with E-state index in [1.165, 1.54) is 28.6 Å². The highest BCUT2D eigenvalue weighted by Gasteiger charge is 2.28. The molecule has 1 aliphatic rings. The van der Waals surface area contributed by atoms with Crippen molar-refractivity contribution in [3.63, 3.8) is 0 Å². The van der Waals surface area contributed by atoms with Crippen LogP contribution >= 0.6 is 0 Å². The van der Waals surface area contributed by atoms with Gasteiger partial charge in [-0.25, -0.2) is 8.42 Å². The lowest BCUT2D eigenvalue weighted by Crippen LogP contribution is -2.40. The van der Waals surface area contributed by atoms with Gasteiger partial charge in [0.05, 0.1) is 18.1 Å². The highest BCUT2D eigenvalue weighted by Crippen LogP contribution is 2.20. The predicted octanol–water partition coefficient (Wildman–Crippen LogP) is 2.82. The molecule has 176 valence electrons. The lowest BCUT2D eigenvalue weighted by atomic mass is 10.1. The summed E-state index contributed by atoms with van der Waals surface area (Å²) in [4.78, 5) is 26.2. The van der Waals surface area contributed by atoms with Crippen molar-refractivity contribution >= 4 is 27.5 Å². The van der Waals surface area contributed by atoms with Crippen LogP contribution in [0.5, 0.6) is 0 Å². The number of amides is 2. The summed E-state index contributed by atoms with van der Waals surface area (Å²) in [6.07, 6.45) is 0. The van der Waals surface area contributed by atoms with Gasteiger partial charge in [0.15, 0.2) is 0 Å². The summed E-state index contributed by atoms with van der Waals surface area (Å²) in [6.45, 7) is 1.17. The highest BCUT2D eigenvalue weighted by atomic mass is 32.2. The van der Waals surface area contributed by atoms with E-state index in [0.717, 1.165) is 0 Å². The smallest absolute Gasteiger partial charge is 0.252 e. The summed E-state index contributed by atoms with van der Waals surface area (Å²) >= 11 is 0. The number of carbonyl (C=O) groups excluding carboxylic acids is 2. The summed E-state index contributed by atoms with van der Waals surface area (Å²) in [5.41, 5.74) is 1.34. The van der Waals surface area contributed by atoms with Crippen molar-refractivity contribution < 1.29 is 22.7 Å². The standard InChI is InChI=1S/C25H25N3O5S/c29-24(20-10-7-13-22(18-20)34(31,32)28-14-16-33-17-15-28)27-23(19-8-3-1-4-9-19)25(30)26-21-11-5-2-6-12-21/h1-13,18,23H,14-17H2,(H,26,30)(H,27,29). The van der Waals surface area contributed by atoms with Gasteiger partial charge in [-0.2, -0.15) is 4.31 Å². The molecule has 4 rings (SSSR count). The molecule has 3 aromatic rings. The van der Waals surface area contributed by atoms with Gasteiger partial charge in [-0.3, -0.25) is 9.59 Å². The molecule has 0 bridgehead atoms. The Balaban J connectivity index is 1.57. The largest absolute Gasteiger partial charge is 0.379 e. The summed E-state index contributed by atoms with van der Waals surface area (Å²) in [5.74, 6) is -0.973. The maximum absolute atomic E-state index is 13.1. The molecule has 1 unspecified atom stereocenters. The van der Waals surface area contributed by atoms with Gasteiger partial charge in [0, 0.05) is 24.3 Å². The molecule has 1 aliphatic heterocycles. The van der Waals surface area contributed by atoms with E-state index in [4.69, 9.17) is 4.74 Å². The summed E-state index contributed by atoms with van der Waals surface area (Å²) in [6, 6.07) is 22.6. The van der Waals surface area contributed by atoms with E-state index in [1.807, 2.05) is 12.1 Å². The zero-order valence-corrected chi connectivity index (χ0v) is 19.2. The van der Waals surface area contributed by atoms with Crippen LogP contribution in [0, 0.1) is 0 Å². The minimum absolute atomic E-state index is 0.0204. The average molecular weight is 480 g/mol. The number of nitrogens with zero attached hydrogens (tertiary/aromatic N) is 1. The molecule has 0 saturated carbocycles. The van der Waals surface area contributed by atoms with Crippen LogP contribution in [-0.2, 0) is 19.6 Å². The fourth-order valence-electron chi connectivity index (χ4n) is 3.63. The summed E-state index contributed by atoms with van der Waals surface area (Å²) in [7, 11) is -3.76. The van der Waals surface area contributed by atoms with Gasteiger partial charge in [-0.05, 0) is 35.9 Å². The van der Waals surface area contributed by atoms with Gasteiger partial charge < -0.3 is 15.4 Å². The molecule has 9 heteroatoms. The Labute approximate surface area is 198 Å². The molecule has 2 amide bonds. The van der Waals surface area contributed by atoms with Crippen LogP contribution in [0.25, 0.3) is 0 Å². The maximum atomic E-state index is 13.1. The Morgan fingerprint density at radius 2 is 1.50 bits per heavy atom. The second kappa shape index (κ2) is 10.6. The van der Waals surface area contributed by atoms with Gasteiger partial charge in [-0.1, -0.05) is 54.6 Å². The van der Waals surface area contributed by atoms with Crippen LogP contribution in [0.3, 0.4) is 0 Å². The molecule has 0 radical (unpaired) electrons. The van der Waals surface area contributed by atoms with Gasteiger partial charge in [-0.15, -0.1) is 0 Å². The number of ether oxygens (including phenoxy) is 1. The lowest BCUT2D eigenvalue weighted by molar-refractivity contribution is -0.118. The SMILES string of the molecule is O=C(NC(C(=O)Nc1ccccc1)c1ccccc1)c1cccc(S(=O)(=O)N2CCOCC2)c1. The zero-order valence-electron chi connectivity index (χ0n) is 18.4. The van der Waals surface area contributed by atoms with Crippen molar-refractivity contribution in [2.75, 3.05) is 31.6 Å². The quantitative estimate of drug-likeness (QED) is 0.542. The van der Waals surface area contributed by atoms with E-state index in [0.29, 0.717) is 24.5 Å². The van der Waals surface area contributed by atoms with E-state index in [1.54, 1.807) is 48.5 Å². The Morgan fingerprint density at radius 1 is 0.853 bits per heavy atom. The number of morpholine rings is 1. The summed E-state index contributed by atoms with van der Waals surface area (Å²) in [5, 5.41) is 5.56. The Morgan fingerprint density at radius 3 is 2.18 bits per heavy atom. The molecule has 0 aliphatic carbocycles. The predicted molar refractivity (Wildman–Crippen MR) is 128 cm³/mol. The van der Waals surface area contributed by atoms with Gasteiger partial charge in [0.2, 0.25) is 10.0 Å². The number of hydrogen-bond acceptors (Lipinski definition) is 5. The van der Waals surface area contributed by atoms with Crippen molar-refractivity contribution in [1.82, 2.24) is 9.62 Å². The van der Waals surface area contributed by atoms with Crippen LogP contribution in [0.15, 0.2) is 89.8 Å². The zero-order chi connectivity index (χ0) is 24.0. The van der Waals surface area contributed by atoms with Gasteiger partial charge in [0.1, 0.15) is 6.04 Å². The number of hydrogen-bond donors (Lipinski definition) is 2. The molecular weight excluding hydrogens is 454 g/mol. The number of carbonyl (C=O) groups is 2. The third kappa shape index (κ3) is 5.51. The molecule has 3 aromatic carbocycles. The fraction of sp³-hybridized carbons (Fsp3) is 0.200. The normalized spacial score (nSPS) is 15.3. The van der Waals surface area contributed by atoms with Crippen LogP contribution in [0.1, 0.15) is 22.0 Å². The molecule has 2 N–H and O–H groups in total. The van der Waals surface area contributed by atoms with E-state index in [-0.39, 0.29) is 23.5 Å². The fourth-order valence-corrected chi connectivity index (χ4v) is 5.08. The average Bonchev–Trinajstić information content (AvgIpc) is 2.88. The van der Waals surface area contributed by atoms with Gasteiger partial charge >= 0.3 is 0 Å². The first-order valence-electron chi connectivity index (χ1n) is 10.8. The first-order chi connectivity index (χ1) is 16.4. The third-order valence-electron chi connectivity index (χ3n) is 5.42. The van der Waals surface area contributed by atoms with Crippen molar-refractivity contribution in [2.24, 2.45) is 0 Å². The monoisotopic (exact) mass is 479 g/mol. The number of para-hydroxylation sites is 1. The molecule has 8 nitrogen and oxygen atoms in total. The van der Waals surface area contributed by atoms with E-state index >= 15 is 0 Å². The minimum atomic E-state index is -3.76. The van der Waals surface area contributed by atoms with Crippen LogP contribution in [-0.4, -0.2) is 50.8 Å².